The number of nitrogens with one attached hydrogen (secondary N) is 1. The van der Waals surface area contributed by atoms with Crippen LogP contribution >= 0.6 is 0 Å². The fourth-order valence-corrected chi connectivity index (χ4v) is 1.35. The molecule has 8 heteroatoms. The molecule has 2 N–H and O–H groups in total. The zero-order chi connectivity index (χ0) is 18.0. The summed E-state index contributed by atoms with van der Waals surface area (Å²) in [4.78, 5) is 45.2. The minimum atomic E-state index is -1.47. The van der Waals surface area contributed by atoms with Gasteiger partial charge in [0.2, 0.25) is 5.91 Å². The normalized spacial score (nSPS) is 12.6. The Morgan fingerprint density at radius 1 is 1.17 bits per heavy atom. The van der Waals surface area contributed by atoms with E-state index in [1.54, 1.807) is 6.92 Å². The molecule has 0 spiro atoms. The summed E-state index contributed by atoms with van der Waals surface area (Å²) in [5.41, 5.74) is -1.08. The number of carbonyl (C=O) groups excluding carboxylic acids is 4. The third-order valence-electron chi connectivity index (χ3n) is 2.99. The molecule has 0 saturated heterocycles. The van der Waals surface area contributed by atoms with Crippen LogP contribution in [0.5, 0.6) is 0 Å². The Balaban J connectivity index is 4.47. The number of ketones is 1. The Morgan fingerprint density at radius 3 is 2.26 bits per heavy atom. The van der Waals surface area contributed by atoms with E-state index in [4.69, 9.17) is 4.74 Å². The van der Waals surface area contributed by atoms with E-state index in [2.05, 4.69) is 10.1 Å². The Bertz CT molecular complexity index is 482. The Kier molecular flexibility index (Phi) is 8.79. The number of aliphatic hydroxyl groups is 1. The summed E-state index contributed by atoms with van der Waals surface area (Å²) >= 11 is 0. The number of hydrogen-bond donors (Lipinski definition) is 2. The van der Waals surface area contributed by atoms with Crippen LogP contribution in [0.1, 0.15) is 27.2 Å². The Hall–Kier alpha value is -2.22. The van der Waals surface area contributed by atoms with Crippen molar-refractivity contribution in [1.29, 1.82) is 0 Å². The van der Waals surface area contributed by atoms with Crippen molar-refractivity contribution in [2.75, 3.05) is 20.3 Å². The lowest BCUT2D eigenvalue weighted by Gasteiger charge is -2.28. The fourth-order valence-electron chi connectivity index (χ4n) is 1.35. The van der Waals surface area contributed by atoms with E-state index in [9.17, 15) is 24.3 Å². The first-order valence-electron chi connectivity index (χ1n) is 7.04. The SMILES string of the molecule is CCC(=O)CNC(=O)[C@H](O)C(C)(C)COC(=O)/C=C/C(=O)OC. The predicted octanol–water partition coefficient (Wildman–Crippen LogP) is -0.259. The van der Waals surface area contributed by atoms with Crippen molar-refractivity contribution in [2.24, 2.45) is 5.41 Å². The van der Waals surface area contributed by atoms with E-state index in [0.29, 0.717) is 0 Å². The summed E-state index contributed by atoms with van der Waals surface area (Å²) in [5.74, 6) is -2.40. The van der Waals surface area contributed by atoms with Crippen molar-refractivity contribution in [2.45, 2.75) is 33.3 Å². The molecule has 0 aliphatic rings. The number of Topliss-reactive ketones (excluding diaryl/α,β-unsaturated/α-hetero) is 1. The van der Waals surface area contributed by atoms with Gasteiger partial charge in [0.05, 0.1) is 20.3 Å². The van der Waals surface area contributed by atoms with Gasteiger partial charge in [-0.25, -0.2) is 9.59 Å². The van der Waals surface area contributed by atoms with Gasteiger partial charge in [-0.2, -0.15) is 0 Å². The zero-order valence-electron chi connectivity index (χ0n) is 13.8. The van der Waals surface area contributed by atoms with Crippen molar-refractivity contribution in [3.05, 3.63) is 12.2 Å². The first-order valence-corrected chi connectivity index (χ1v) is 7.04. The maximum atomic E-state index is 11.8. The van der Waals surface area contributed by atoms with Crippen molar-refractivity contribution in [1.82, 2.24) is 5.32 Å². The van der Waals surface area contributed by atoms with E-state index in [1.165, 1.54) is 21.0 Å². The van der Waals surface area contributed by atoms with Gasteiger partial charge in [-0.3, -0.25) is 9.59 Å². The highest BCUT2D eigenvalue weighted by molar-refractivity contribution is 5.91. The maximum absolute atomic E-state index is 11.8. The lowest BCUT2D eigenvalue weighted by Crippen LogP contribution is -2.47. The molecule has 0 fully saturated rings. The van der Waals surface area contributed by atoms with E-state index in [-0.39, 0.29) is 25.4 Å². The van der Waals surface area contributed by atoms with Gasteiger partial charge in [-0.1, -0.05) is 20.8 Å². The third kappa shape index (κ3) is 8.10. The summed E-state index contributed by atoms with van der Waals surface area (Å²) in [5, 5.41) is 12.3. The number of rotatable bonds is 9. The second-order valence-electron chi connectivity index (χ2n) is 5.47. The first-order chi connectivity index (χ1) is 10.6. The van der Waals surface area contributed by atoms with E-state index >= 15 is 0 Å². The van der Waals surface area contributed by atoms with E-state index in [0.717, 1.165) is 12.2 Å². The van der Waals surface area contributed by atoms with Gasteiger partial charge in [-0.15, -0.1) is 0 Å². The summed E-state index contributed by atoms with van der Waals surface area (Å²) < 4.78 is 9.20. The van der Waals surface area contributed by atoms with Gasteiger partial charge in [0.1, 0.15) is 6.10 Å². The van der Waals surface area contributed by atoms with Crippen LogP contribution in [0, 0.1) is 5.41 Å². The van der Waals surface area contributed by atoms with Crippen molar-refractivity contribution in [3.8, 4) is 0 Å². The number of amides is 1. The molecular weight excluding hydrogens is 306 g/mol. The molecule has 23 heavy (non-hydrogen) atoms. The van der Waals surface area contributed by atoms with Gasteiger partial charge in [0, 0.05) is 24.0 Å². The number of ether oxygens (including phenoxy) is 2. The number of carbonyl (C=O) groups is 4. The van der Waals surface area contributed by atoms with Gasteiger partial charge in [0.25, 0.3) is 0 Å². The molecule has 0 saturated carbocycles. The molecule has 0 radical (unpaired) electrons. The van der Waals surface area contributed by atoms with Crippen LogP contribution in [0.3, 0.4) is 0 Å². The molecule has 0 unspecified atom stereocenters. The molecule has 1 atom stereocenters. The molecule has 0 bridgehead atoms. The van der Waals surface area contributed by atoms with Crippen LogP contribution in [0.4, 0.5) is 0 Å². The monoisotopic (exact) mass is 329 g/mol. The highest BCUT2D eigenvalue weighted by atomic mass is 16.5. The highest BCUT2D eigenvalue weighted by Gasteiger charge is 2.34. The second kappa shape index (κ2) is 9.73. The molecule has 0 rings (SSSR count). The largest absolute Gasteiger partial charge is 0.466 e. The molecule has 0 aliphatic carbocycles. The number of methoxy groups -OCH3 is 1. The van der Waals surface area contributed by atoms with Gasteiger partial charge in [-0.05, 0) is 0 Å². The van der Waals surface area contributed by atoms with Crippen LogP contribution < -0.4 is 5.32 Å². The summed E-state index contributed by atoms with van der Waals surface area (Å²) in [6.45, 7) is 4.29. The average Bonchev–Trinajstić information content (AvgIpc) is 2.54. The van der Waals surface area contributed by atoms with Crippen molar-refractivity contribution >= 4 is 23.6 Å². The minimum Gasteiger partial charge on any atom is -0.466 e. The van der Waals surface area contributed by atoms with Gasteiger partial charge in [0.15, 0.2) is 5.78 Å². The summed E-state index contributed by atoms with van der Waals surface area (Å²) in [6.07, 6.45) is 0.595. The van der Waals surface area contributed by atoms with E-state index in [1.807, 2.05) is 0 Å². The zero-order valence-corrected chi connectivity index (χ0v) is 13.8. The standard InChI is InChI=1S/C15H23NO7/c1-5-10(17)8-16-14(21)13(20)15(2,3)9-23-12(19)7-6-11(18)22-4/h6-7,13,20H,5,8-9H2,1-4H3,(H,16,21)/b7-6+/t13-/m0/s1. The van der Waals surface area contributed by atoms with Crippen LogP contribution in [-0.4, -0.2) is 55.1 Å². The van der Waals surface area contributed by atoms with E-state index < -0.39 is 29.4 Å². The van der Waals surface area contributed by atoms with Crippen LogP contribution in [0.25, 0.3) is 0 Å². The lowest BCUT2D eigenvalue weighted by molar-refractivity contribution is -0.149. The van der Waals surface area contributed by atoms with Crippen molar-refractivity contribution in [3.63, 3.8) is 0 Å². The molecule has 0 aliphatic heterocycles. The molecule has 130 valence electrons. The predicted molar refractivity (Wildman–Crippen MR) is 80.2 cm³/mol. The Labute approximate surface area is 134 Å². The molecule has 0 aromatic heterocycles. The summed E-state index contributed by atoms with van der Waals surface area (Å²) in [7, 11) is 1.17. The smallest absolute Gasteiger partial charge is 0.331 e. The number of hydrogen-bond acceptors (Lipinski definition) is 7. The lowest BCUT2D eigenvalue weighted by atomic mass is 9.87. The van der Waals surface area contributed by atoms with Crippen LogP contribution in [0.2, 0.25) is 0 Å². The second-order valence-corrected chi connectivity index (χ2v) is 5.47. The first kappa shape index (κ1) is 20.8. The highest BCUT2D eigenvalue weighted by Crippen LogP contribution is 2.21. The molecular formula is C15H23NO7. The molecule has 1 amide bonds. The minimum absolute atomic E-state index is 0.163. The van der Waals surface area contributed by atoms with Crippen molar-refractivity contribution < 1.29 is 33.8 Å². The van der Waals surface area contributed by atoms with Crippen LogP contribution in [0.15, 0.2) is 12.2 Å². The maximum Gasteiger partial charge on any atom is 0.331 e. The molecule has 8 nitrogen and oxygen atoms in total. The summed E-state index contributed by atoms with van der Waals surface area (Å²) in [6, 6.07) is 0. The Morgan fingerprint density at radius 2 is 1.74 bits per heavy atom. The topological polar surface area (TPSA) is 119 Å². The number of aliphatic hydroxyl groups excluding tert-OH is 1. The quantitative estimate of drug-likeness (QED) is 0.442. The average molecular weight is 329 g/mol. The number of esters is 2. The third-order valence-corrected chi connectivity index (χ3v) is 2.99. The molecule has 0 aromatic rings. The fraction of sp³-hybridized carbons (Fsp3) is 0.600. The van der Waals surface area contributed by atoms with Gasteiger partial charge < -0.3 is 19.9 Å². The van der Waals surface area contributed by atoms with Gasteiger partial charge >= 0.3 is 11.9 Å². The van der Waals surface area contributed by atoms with Crippen LogP contribution in [-0.2, 0) is 28.7 Å². The molecule has 0 aromatic carbocycles. The molecule has 0 heterocycles.